The lowest BCUT2D eigenvalue weighted by Gasteiger charge is -2.55. The van der Waals surface area contributed by atoms with Gasteiger partial charge >= 0.3 is 41.3 Å². The van der Waals surface area contributed by atoms with Crippen molar-refractivity contribution in [3.8, 4) is 5.75 Å². The fraction of sp³-hybridized carbons (Fsp3) is 0.567. The SMILES string of the molecule is CC1(C)C2CCC1(CS(=O)(=O)[O-])C(=O)C2.CCC(C)(C)C(=O)OCC(=O)OCC(F)(F)F.CCC1(OC(=O)C(C)(C)CC)CCCCCCC1.CCC1(OC(=O)COc2c(C)cc([S+](c3ccccc3)c3ccccc3)cc2C)CCCCC1.O=C(OCC(F)(F)S(=O)(=O)[O-])C12CC3CC(CC(C3)C1)C2.c1ccc([S+](c2ccccc2)c2ccccc2)cc1. The van der Waals surface area contributed by atoms with Crippen LogP contribution < -0.4 is 4.74 Å². The van der Waals surface area contributed by atoms with Gasteiger partial charge < -0.3 is 37.5 Å². The van der Waals surface area contributed by atoms with E-state index in [-0.39, 0.29) is 74.1 Å². The highest BCUT2D eigenvalue weighted by atomic mass is 32.2. The second kappa shape index (κ2) is 44.4. The standard InChI is InChI=1S/C30H35O3S.C18H15S.C16H30O2.C13H18F2O5S.C10H15F3O4.C10H16O4S/c1-4-30(18-12-7-13-19-30)33-28(31)22-32-29-23(2)20-27(21-24(29)3)34(25-14-8-5-9-15-25)26-16-10-6-11-17-26;1-4-10-16(11-5-1)19(17-12-6-2-7-13-17)18-14-8-3-9-15-18;1-5-15(3,4)14(17)18-16(6-2)12-10-8-7-9-11-13-16;14-13(15,21(17,18)19)7-20-11(16)12-4-8-1-9(5-12)3-10(2-8)6-12;1-4-9(2,3)8(15)16-5-7(14)17-6-10(11,12)13;1-9(2)7-3-4-10(9,8(11)5-7)6-15(12,13)14/h5-6,8-11,14-17,20-21H,4,7,12-13,18-19,22H2,1-3H3;1-15H;5-13H2,1-4H3;8-10H,1-7H2,(H,17,18,19);4-6H2,1-3H3;7H,3-6H2,1-2H3,(H,12,13,14)/q2*+1;;;;/p-2. The average molecular weight is 1800 g/mol. The van der Waals surface area contributed by atoms with Gasteiger partial charge in [0, 0.05) is 24.0 Å². The summed E-state index contributed by atoms with van der Waals surface area (Å²) < 4.78 is 156. The second-order valence-corrected chi connectivity index (χ2v) is 43.1. The molecule has 0 radical (unpaired) electrons. The topological polar surface area (TPSA) is 272 Å². The lowest BCUT2D eigenvalue weighted by atomic mass is 9.49. The van der Waals surface area contributed by atoms with E-state index < -0.39 is 91.4 Å². The van der Waals surface area contributed by atoms with Gasteiger partial charge in [-0.25, -0.2) is 26.4 Å². The van der Waals surface area contributed by atoms with Gasteiger partial charge in [0.1, 0.15) is 22.7 Å². The summed E-state index contributed by atoms with van der Waals surface area (Å²) in [4.78, 5) is 79.1. The van der Waals surface area contributed by atoms with E-state index in [1.54, 1.807) is 20.8 Å². The van der Waals surface area contributed by atoms with Gasteiger partial charge in [0.2, 0.25) is 0 Å². The number of halogens is 5. The molecule has 6 bridgehead atoms. The van der Waals surface area contributed by atoms with Crippen LogP contribution in [0.3, 0.4) is 0 Å². The molecule has 8 aliphatic rings. The Morgan fingerprint density at radius 1 is 0.484 bits per heavy atom. The predicted octanol–water partition coefficient (Wildman–Crippen LogP) is 22.0. The summed E-state index contributed by atoms with van der Waals surface area (Å²) in [6.07, 6.45) is 19.4. The van der Waals surface area contributed by atoms with Crippen molar-refractivity contribution in [2.75, 3.05) is 32.2 Å². The first-order valence-electron chi connectivity index (χ1n) is 43.6. The highest BCUT2D eigenvalue weighted by Crippen LogP contribution is 2.64. The van der Waals surface area contributed by atoms with Gasteiger partial charge in [-0.1, -0.05) is 158 Å². The molecule has 6 aromatic rings. The Hall–Kier alpha value is -7.69. The second-order valence-electron chi connectivity index (χ2n) is 36.2. The van der Waals surface area contributed by atoms with Crippen molar-refractivity contribution in [3.63, 3.8) is 0 Å². The van der Waals surface area contributed by atoms with Crippen molar-refractivity contribution in [3.05, 3.63) is 175 Å². The first-order valence-corrected chi connectivity index (χ1v) is 49.0. The maximum atomic E-state index is 13.1. The molecule has 0 N–H and O–H groups in total. The van der Waals surface area contributed by atoms with Gasteiger partial charge in [-0.3, -0.25) is 19.2 Å². The number of rotatable bonds is 26. The Morgan fingerprint density at radius 2 is 0.863 bits per heavy atom. The third kappa shape index (κ3) is 27.9. The molecular formula is C97H127F5O18S4. The Morgan fingerprint density at radius 3 is 1.22 bits per heavy atom. The molecule has 14 rings (SSSR count). The number of fused-ring (bicyclic) bond motifs is 2. The number of benzene rings is 6. The Kier molecular flexibility index (Phi) is 36.4. The summed E-state index contributed by atoms with van der Waals surface area (Å²) >= 11 is 0. The third-order valence-electron chi connectivity index (χ3n) is 26.2. The number of Topliss-reactive ketones (excluding diaryl/α,β-unsaturated/α-hetero) is 1. The smallest absolute Gasteiger partial charge is 0.422 e. The highest BCUT2D eigenvalue weighted by molar-refractivity contribution is 7.97. The van der Waals surface area contributed by atoms with Crippen LogP contribution in [0.4, 0.5) is 22.0 Å². The molecule has 124 heavy (non-hydrogen) atoms. The largest absolute Gasteiger partial charge is 0.748 e. The van der Waals surface area contributed by atoms with Crippen LogP contribution in [-0.2, 0) is 94.5 Å². The van der Waals surface area contributed by atoms with Gasteiger partial charge in [-0.15, -0.1) is 0 Å². The summed E-state index contributed by atoms with van der Waals surface area (Å²) in [5, 5.41) is -4.56. The van der Waals surface area contributed by atoms with Crippen LogP contribution in [0.5, 0.6) is 5.75 Å². The normalized spacial score (nSPS) is 21.7. The van der Waals surface area contributed by atoms with Crippen molar-refractivity contribution in [2.45, 2.75) is 296 Å². The lowest BCUT2D eigenvalue weighted by molar-refractivity contribution is -0.190. The molecule has 18 nitrogen and oxygen atoms in total. The maximum absolute atomic E-state index is 13.1. The minimum atomic E-state index is -5.81. The summed E-state index contributed by atoms with van der Waals surface area (Å²) in [5.41, 5.74) is -1.48. The molecule has 0 heterocycles. The van der Waals surface area contributed by atoms with E-state index in [0.717, 1.165) is 100 Å². The minimum Gasteiger partial charge on any atom is -0.748 e. The molecule has 0 spiro atoms. The van der Waals surface area contributed by atoms with Gasteiger partial charge in [0.15, 0.2) is 65.9 Å². The number of esters is 5. The molecule has 2 unspecified atom stereocenters. The summed E-state index contributed by atoms with van der Waals surface area (Å²) in [5.74, 6) is -1.09. The molecule has 2 atom stereocenters. The van der Waals surface area contributed by atoms with Crippen LogP contribution in [0.2, 0.25) is 0 Å². The number of carbonyl (C=O) groups is 6. The lowest BCUT2D eigenvalue weighted by Crippen LogP contribution is -2.51. The summed E-state index contributed by atoms with van der Waals surface area (Å²) in [6.45, 7) is 19.0. The van der Waals surface area contributed by atoms with Gasteiger partial charge in [0.05, 0.1) is 53.9 Å². The van der Waals surface area contributed by atoms with Crippen molar-refractivity contribution in [2.24, 2.45) is 50.7 Å². The third-order valence-corrected chi connectivity index (χ3v) is 32.3. The average Bonchev–Trinajstić information content (AvgIpc) is 1.51. The van der Waals surface area contributed by atoms with E-state index in [2.05, 4.69) is 213 Å². The number of hydrogen-bond donors (Lipinski definition) is 0. The Labute approximate surface area is 737 Å². The number of hydrogen-bond acceptors (Lipinski definition) is 18. The number of aryl methyl sites for hydroxylation is 2. The number of carbonyl (C=O) groups excluding carboxylic acids is 6. The van der Waals surface area contributed by atoms with Crippen molar-refractivity contribution < 1.29 is 105 Å². The molecule has 0 aromatic heterocycles. The van der Waals surface area contributed by atoms with Crippen LogP contribution in [0.1, 0.15) is 241 Å². The monoisotopic (exact) mass is 1800 g/mol. The molecule has 682 valence electrons. The maximum Gasteiger partial charge on any atom is 0.422 e. The quantitative estimate of drug-likeness (QED) is 0.0160. The van der Waals surface area contributed by atoms with Gasteiger partial charge in [0.25, 0.3) is 0 Å². The highest BCUT2D eigenvalue weighted by Gasteiger charge is 2.65. The van der Waals surface area contributed by atoms with E-state index in [1.807, 2.05) is 27.7 Å². The van der Waals surface area contributed by atoms with Gasteiger partial charge in [-0.2, -0.15) is 22.0 Å². The molecule has 0 amide bonds. The Balaban J connectivity index is 0.000000189. The van der Waals surface area contributed by atoms with Crippen LogP contribution in [0.15, 0.2) is 193 Å². The zero-order chi connectivity index (χ0) is 91.2. The van der Waals surface area contributed by atoms with Crippen molar-refractivity contribution >= 4 is 77.7 Å². The number of ether oxygens (including phenoxy) is 6. The van der Waals surface area contributed by atoms with Crippen LogP contribution in [0.25, 0.3) is 0 Å². The van der Waals surface area contributed by atoms with E-state index in [4.69, 9.17) is 14.2 Å². The summed E-state index contributed by atoms with van der Waals surface area (Å²) in [6, 6.07) is 57.8. The Bertz CT molecular complexity index is 4500. The van der Waals surface area contributed by atoms with E-state index in [0.29, 0.717) is 56.3 Å². The first kappa shape index (κ1) is 102. The first-order chi connectivity index (χ1) is 58.3. The van der Waals surface area contributed by atoms with Crippen LogP contribution in [0, 0.1) is 64.6 Å². The molecular weight excluding hydrogens is 1680 g/mol. The molecule has 27 heteroatoms. The predicted molar refractivity (Wildman–Crippen MR) is 467 cm³/mol. The molecule has 8 saturated carbocycles. The number of ketones is 1. The van der Waals surface area contributed by atoms with Crippen LogP contribution in [-0.4, -0.2) is 116 Å². The van der Waals surface area contributed by atoms with E-state index in [9.17, 15) is 76.7 Å². The molecule has 6 aromatic carbocycles. The molecule has 8 aliphatic carbocycles. The van der Waals surface area contributed by atoms with E-state index in [1.165, 1.54) is 67.9 Å². The van der Waals surface area contributed by atoms with E-state index >= 15 is 0 Å². The molecule has 0 aliphatic heterocycles. The fourth-order valence-corrected chi connectivity index (χ4v) is 24.2. The zero-order valence-electron chi connectivity index (χ0n) is 74.0. The summed E-state index contributed by atoms with van der Waals surface area (Å²) in [7, 11) is -10.4. The van der Waals surface area contributed by atoms with Crippen molar-refractivity contribution in [1.82, 2.24) is 0 Å². The molecule has 0 saturated heterocycles. The van der Waals surface area contributed by atoms with Crippen molar-refractivity contribution in [1.29, 1.82) is 0 Å². The molecule has 8 fully saturated rings. The number of alkyl halides is 5. The minimum absolute atomic E-state index is 0.00702. The fourth-order valence-electron chi connectivity index (χ4n) is 18.4. The zero-order valence-corrected chi connectivity index (χ0v) is 77.2. The van der Waals surface area contributed by atoms with Gasteiger partial charge in [-0.05, 0) is 271 Å². The van der Waals surface area contributed by atoms with Crippen LogP contribution >= 0.6 is 0 Å².